The van der Waals surface area contributed by atoms with Gasteiger partial charge in [0.2, 0.25) is 0 Å². The van der Waals surface area contributed by atoms with Gasteiger partial charge in [-0.3, -0.25) is 9.59 Å². The first-order chi connectivity index (χ1) is 11.4. The molecule has 2 unspecified atom stereocenters. The topological polar surface area (TPSA) is 124 Å². The maximum absolute atomic E-state index is 10.6. The fourth-order valence-corrected chi connectivity index (χ4v) is 1.47. The first-order valence-corrected chi connectivity index (χ1v) is 7.42. The van der Waals surface area contributed by atoms with Gasteiger partial charge in [0.15, 0.2) is 12.2 Å². The predicted octanol–water partition coefficient (Wildman–Crippen LogP) is 0.950. The molecule has 0 aromatic heterocycles. The van der Waals surface area contributed by atoms with Crippen molar-refractivity contribution in [2.45, 2.75) is 38.9 Å². The van der Waals surface area contributed by atoms with Crippen LogP contribution in [0.25, 0.3) is 0 Å². The molecule has 136 valence electrons. The molecule has 10 heteroatoms. The second kappa shape index (κ2) is 10.3. The highest BCUT2D eigenvalue weighted by molar-refractivity contribution is 5.69. The first kappa shape index (κ1) is 19.5. The maximum Gasteiger partial charge on any atom is 0.508 e. The first-order valence-electron chi connectivity index (χ1n) is 7.42. The van der Waals surface area contributed by atoms with Crippen LogP contribution in [0, 0.1) is 0 Å². The Kier molecular flexibility index (Phi) is 8.37. The molecule has 2 heterocycles. The van der Waals surface area contributed by atoms with E-state index >= 15 is 0 Å². The van der Waals surface area contributed by atoms with Gasteiger partial charge in [-0.25, -0.2) is 9.59 Å². The lowest BCUT2D eigenvalue weighted by Crippen LogP contribution is -2.20. The minimum absolute atomic E-state index is 0.0818. The number of cyclic esters (lactones) is 4. The van der Waals surface area contributed by atoms with E-state index in [2.05, 4.69) is 18.9 Å². The summed E-state index contributed by atoms with van der Waals surface area (Å²) in [5.41, 5.74) is 0. The molecule has 2 aliphatic rings. The summed E-state index contributed by atoms with van der Waals surface area (Å²) in [6.07, 6.45) is -1.63. The van der Waals surface area contributed by atoms with Crippen molar-refractivity contribution < 1.29 is 47.6 Å². The van der Waals surface area contributed by atoms with Gasteiger partial charge in [0, 0.05) is 12.8 Å². The SMILES string of the molecule is CCC(=O)OCC1COC(=O)O1.CCC(=O)OCC1COC(=O)O1. The highest BCUT2D eigenvalue weighted by Gasteiger charge is 2.26. The zero-order valence-electron chi connectivity index (χ0n) is 13.5. The van der Waals surface area contributed by atoms with Crippen LogP contribution in [0.2, 0.25) is 0 Å². The van der Waals surface area contributed by atoms with Gasteiger partial charge in [-0.1, -0.05) is 13.8 Å². The molecule has 2 saturated heterocycles. The van der Waals surface area contributed by atoms with Crippen molar-refractivity contribution in [2.24, 2.45) is 0 Å². The molecule has 2 aliphatic heterocycles. The van der Waals surface area contributed by atoms with Crippen LogP contribution in [-0.4, -0.2) is 62.9 Å². The monoisotopic (exact) mass is 348 g/mol. The highest BCUT2D eigenvalue weighted by atomic mass is 16.8. The summed E-state index contributed by atoms with van der Waals surface area (Å²) >= 11 is 0. The molecule has 24 heavy (non-hydrogen) atoms. The van der Waals surface area contributed by atoms with E-state index in [-0.39, 0.29) is 38.4 Å². The van der Waals surface area contributed by atoms with Crippen molar-refractivity contribution in [1.29, 1.82) is 0 Å². The molecule has 10 nitrogen and oxygen atoms in total. The minimum Gasteiger partial charge on any atom is -0.462 e. The summed E-state index contributed by atoms with van der Waals surface area (Å²) in [6.45, 7) is 3.88. The number of ether oxygens (including phenoxy) is 6. The van der Waals surface area contributed by atoms with Crippen molar-refractivity contribution in [3.8, 4) is 0 Å². The van der Waals surface area contributed by atoms with Crippen molar-refractivity contribution >= 4 is 24.2 Å². The zero-order chi connectivity index (χ0) is 17.9. The Morgan fingerprint density at radius 3 is 1.50 bits per heavy atom. The van der Waals surface area contributed by atoms with E-state index in [0.29, 0.717) is 12.8 Å². The Labute approximate surface area is 138 Å². The van der Waals surface area contributed by atoms with E-state index < -0.39 is 24.5 Å². The Bertz CT molecular complexity index is 418. The number of carbonyl (C=O) groups is 4. The number of rotatable bonds is 6. The molecule has 2 rings (SSSR count). The van der Waals surface area contributed by atoms with Gasteiger partial charge < -0.3 is 28.4 Å². The molecule has 0 radical (unpaired) electrons. The normalized spacial score (nSPS) is 21.4. The van der Waals surface area contributed by atoms with E-state index in [0.717, 1.165) is 0 Å². The van der Waals surface area contributed by atoms with Crippen molar-refractivity contribution in [3.05, 3.63) is 0 Å². The summed E-state index contributed by atoms with van der Waals surface area (Å²) in [5.74, 6) is -0.615. The number of hydrogen-bond acceptors (Lipinski definition) is 10. The summed E-state index contributed by atoms with van der Waals surface area (Å²) < 4.78 is 27.6. The average Bonchev–Trinajstić information content (AvgIpc) is 3.19. The standard InChI is InChI=1S/2C7H10O5/c2*1-2-6(8)10-3-5-4-11-7(9)12-5/h2*5H,2-4H2,1H3. The van der Waals surface area contributed by atoms with Crippen LogP contribution in [0.5, 0.6) is 0 Å². The van der Waals surface area contributed by atoms with Gasteiger partial charge in [0.1, 0.15) is 26.4 Å². The highest BCUT2D eigenvalue weighted by Crippen LogP contribution is 2.07. The molecule has 0 amide bonds. The summed E-state index contributed by atoms with van der Waals surface area (Å²) in [4.78, 5) is 42.1. The molecule has 0 saturated carbocycles. The molecule has 0 aromatic carbocycles. The van der Waals surface area contributed by atoms with Crippen LogP contribution >= 0.6 is 0 Å². The van der Waals surface area contributed by atoms with Crippen molar-refractivity contribution in [2.75, 3.05) is 26.4 Å². The lowest BCUT2D eigenvalue weighted by molar-refractivity contribution is -0.146. The molecule has 2 atom stereocenters. The van der Waals surface area contributed by atoms with Crippen LogP contribution in [0.15, 0.2) is 0 Å². The Morgan fingerprint density at radius 2 is 1.25 bits per heavy atom. The second-order valence-corrected chi connectivity index (χ2v) is 4.67. The Morgan fingerprint density at radius 1 is 0.875 bits per heavy atom. The smallest absolute Gasteiger partial charge is 0.462 e. The summed E-state index contributed by atoms with van der Waals surface area (Å²) in [6, 6.07) is 0. The van der Waals surface area contributed by atoms with E-state index in [4.69, 9.17) is 9.47 Å². The number of carbonyl (C=O) groups excluding carboxylic acids is 4. The molecule has 2 fully saturated rings. The molecule has 0 spiro atoms. The van der Waals surface area contributed by atoms with Crippen LogP contribution in [0.3, 0.4) is 0 Å². The van der Waals surface area contributed by atoms with Gasteiger partial charge in [-0.05, 0) is 0 Å². The number of hydrogen-bond donors (Lipinski definition) is 0. The minimum atomic E-state index is -0.701. The number of esters is 2. The molecular weight excluding hydrogens is 328 g/mol. The largest absolute Gasteiger partial charge is 0.508 e. The Hall–Kier alpha value is -2.52. The lowest BCUT2D eigenvalue weighted by Gasteiger charge is -2.05. The van der Waals surface area contributed by atoms with Crippen LogP contribution in [0.1, 0.15) is 26.7 Å². The third-order valence-corrected chi connectivity index (χ3v) is 2.74. The van der Waals surface area contributed by atoms with E-state index in [1.54, 1.807) is 13.8 Å². The quantitative estimate of drug-likeness (QED) is 0.506. The van der Waals surface area contributed by atoms with Gasteiger partial charge in [0.25, 0.3) is 0 Å². The van der Waals surface area contributed by atoms with Crippen molar-refractivity contribution in [1.82, 2.24) is 0 Å². The molecule has 0 N–H and O–H groups in total. The summed E-state index contributed by atoms with van der Waals surface area (Å²) in [5, 5.41) is 0. The van der Waals surface area contributed by atoms with Crippen LogP contribution < -0.4 is 0 Å². The molecule has 0 aliphatic carbocycles. The molecule has 0 aromatic rings. The van der Waals surface area contributed by atoms with Gasteiger partial charge in [-0.2, -0.15) is 0 Å². The Balaban J connectivity index is 0.000000240. The third kappa shape index (κ3) is 7.65. The van der Waals surface area contributed by atoms with Crippen molar-refractivity contribution in [3.63, 3.8) is 0 Å². The van der Waals surface area contributed by atoms with Crippen LogP contribution in [-0.2, 0) is 38.0 Å². The fourth-order valence-electron chi connectivity index (χ4n) is 1.47. The second-order valence-electron chi connectivity index (χ2n) is 4.67. The van der Waals surface area contributed by atoms with E-state index in [9.17, 15) is 19.2 Å². The van der Waals surface area contributed by atoms with E-state index in [1.165, 1.54) is 0 Å². The average molecular weight is 348 g/mol. The van der Waals surface area contributed by atoms with E-state index in [1.807, 2.05) is 0 Å². The van der Waals surface area contributed by atoms with Gasteiger partial charge >= 0.3 is 24.2 Å². The molecular formula is C14H20O10. The van der Waals surface area contributed by atoms with Gasteiger partial charge in [0.05, 0.1) is 0 Å². The zero-order valence-corrected chi connectivity index (χ0v) is 13.5. The maximum atomic E-state index is 10.6. The van der Waals surface area contributed by atoms with Gasteiger partial charge in [-0.15, -0.1) is 0 Å². The molecule has 0 bridgehead atoms. The van der Waals surface area contributed by atoms with Crippen LogP contribution in [0.4, 0.5) is 9.59 Å². The summed E-state index contributed by atoms with van der Waals surface area (Å²) in [7, 11) is 0. The predicted molar refractivity (Wildman–Crippen MR) is 74.9 cm³/mol. The lowest BCUT2D eigenvalue weighted by atomic mass is 10.4. The third-order valence-electron chi connectivity index (χ3n) is 2.74. The fraction of sp³-hybridized carbons (Fsp3) is 0.714.